The minimum absolute atomic E-state index is 0.385. The first kappa shape index (κ1) is 10.1. The van der Waals surface area contributed by atoms with Gasteiger partial charge >= 0.3 is 0 Å². The molecular weight excluding hydrogens is 164 g/mol. The van der Waals surface area contributed by atoms with Crippen LogP contribution in [-0.2, 0) is 11.3 Å². The van der Waals surface area contributed by atoms with Crippen molar-refractivity contribution in [2.75, 3.05) is 6.79 Å². The van der Waals surface area contributed by atoms with Crippen molar-refractivity contribution in [2.24, 2.45) is 0 Å². The molecular formula is C11H16O2. The molecule has 0 unspecified atom stereocenters. The third kappa shape index (κ3) is 2.46. The van der Waals surface area contributed by atoms with Gasteiger partial charge in [0.25, 0.3) is 0 Å². The van der Waals surface area contributed by atoms with Crippen molar-refractivity contribution in [2.45, 2.75) is 27.4 Å². The highest BCUT2D eigenvalue weighted by molar-refractivity contribution is 5.36. The molecule has 0 atom stereocenters. The number of hydrogen-bond acceptors (Lipinski definition) is 2. The van der Waals surface area contributed by atoms with Gasteiger partial charge in [0.15, 0.2) is 6.79 Å². The van der Waals surface area contributed by atoms with Crippen molar-refractivity contribution in [3.8, 4) is 5.75 Å². The van der Waals surface area contributed by atoms with Gasteiger partial charge in [0.2, 0.25) is 0 Å². The van der Waals surface area contributed by atoms with Crippen LogP contribution in [0.25, 0.3) is 0 Å². The lowest BCUT2D eigenvalue weighted by Gasteiger charge is -2.17. The van der Waals surface area contributed by atoms with Gasteiger partial charge in [-0.05, 0) is 13.0 Å². The van der Waals surface area contributed by atoms with Gasteiger partial charge in [-0.15, -0.1) is 0 Å². The lowest BCUT2D eigenvalue weighted by molar-refractivity contribution is -0.0164. The number of ether oxygens (including phenoxy) is 2. The first-order chi connectivity index (χ1) is 6.36. The average Bonchev–Trinajstić information content (AvgIpc) is 2.21. The van der Waals surface area contributed by atoms with E-state index in [0.29, 0.717) is 13.4 Å². The monoisotopic (exact) mass is 180 g/mol. The van der Waals surface area contributed by atoms with Crippen LogP contribution < -0.4 is 4.74 Å². The molecule has 0 saturated carbocycles. The van der Waals surface area contributed by atoms with E-state index in [1.165, 1.54) is 5.56 Å². The van der Waals surface area contributed by atoms with Crippen LogP contribution in [0.15, 0.2) is 18.2 Å². The van der Waals surface area contributed by atoms with Crippen molar-refractivity contribution in [3.63, 3.8) is 0 Å². The molecule has 0 saturated heterocycles. The van der Waals surface area contributed by atoms with Crippen LogP contribution in [0.1, 0.15) is 25.0 Å². The molecule has 1 heterocycles. The predicted octanol–water partition coefficient (Wildman–Crippen LogP) is 2.89. The number of aryl methyl sites for hydroxylation is 1. The number of benzene rings is 1. The van der Waals surface area contributed by atoms with Crippen LogP contribution in [-0.4, -0.2) is 6.79 Å². The molecule has 13 heavy (non-hydrogen) atoms. The number of fused-ring (bicyclic) bond motifs is 1. The van der Waals surface area contributed by atoms with Crippen molar-refractivity contribution < 1.29 is 9.47 Å². The predicted molar refractivity (Wildman–Crippen MR) is 52.8 cm³/mol. The summed E-state index contributed by atoms with van der Waals surface area (Å²) >= 11 is 0. The third-order valence-corrected chi connectivity index (χ3v) is 1.77. The van der Waals surface area contributed by atoms with Gasteiger partial charge in [0.05, 0.1) is 6.61 Å². The number of rotatable bonds is 0. The SMILES string of the molecule is CC.Cc1ccc2c(c1)COCO2. The Balaban J connectivity index is 0.000000396. The fourth-order valence-corrected chi connectivity index (χ4v) is 1.22. The normalized spacial score (nSPS) is 13.5. The Hall–Kier alpha value is -1.02. The molecule has 0 fully saturated rings. The van der Waals surface area contributed by atoms with Gasteiger partial charge in [-0.3, -0.25) is 0 Å². The summed E-state index contributed by atoms with van der Waals surface area (Å²) in [7, 11) is 0. The Morgan fingerprint density at radius 3 is 2.77 bits per heavy atom. The Morgan fingerprint density at radius 2 is 2.00 bits per heavy atom. The van der Waals surface area contributed by atoms with E-state index < -0.39 is 0 Å². The lowest BCUT2D eigenvalue weighted by atomic mass is 10.1. The summed E-state index contributed by atoms with van der Waals surface area (Å²) in [5.74, 6) is 0.960. The van der Waals surface area contributed by atoms with E-state index in [1.807, 2.05) is 26.0 Å². The smallest absolute Gasteiger partial charge is 0.189 e. The third-order valence-electron chi connectivity index (χ3n) is 1.77. The van der Waals surface area contributed by atoms with E-state index in [-0.39, 0.29) is 0 Å². The van der Waals surface area contributed by atoms with Crippen LogP contribution in [0.4, 0.5) is 0 Å². The second-order valence-electron chi connectivity index (χ2n) is 2.72. The van der Waals surface area contributed by atoms with E-state index >= 15 is 0 Å². The molecule has 2 rings (SSSR count). The van der Waals surface area contributed by atoms with E-state index in [1.54, 1.807) is 0 Å². The molecule has 0 bridgehead atoms. The zero-order chi connectivity index (χ0) is 9.68. The molecule has 2 heteroatoms. The topological polar surface area (TPSA) is 18.5 Å². The van der Waals surface area contributed by atoms with Gasteiger partial charge in [0.1, 0.15) is 5.75 Å². The van der Waals surface area contributed by atoms with Crippen LogP contribution in [0, 0.1) is 6.92 Å². The summed E-state index contributed by atoms with van der Waals surface area (Å²) in [4.78, 5) is 0. The minimum Gasteiger partial charge on any atom is -0.467 e. The first-order valence-corrected chi connectivity index (χ1v) is 4.66. The molecule has 0 radical (unpaired) electrons. The molecule has 2 nitrogen and oxygen atoms in total. The van der Waals surface area contributed by atoms with E-state index in [0.717, 1.165) is 11.3 Å². The van der Waals surface area contributed by atoms with E-state index in [9.17, 15) is 0 Å². The second kappa shape index (κ2) is 4.87. The molecule has 1 aromatic carbocycles. The summed E-state index contributed by atoms with van der Waals surface area (Å²) in [6.07, 6.45) is 0. The largest absolute Gasteiger partial charge is 0.467 e. The van der Waals surface area contributed by atoms with E-state index in [4.69, 9.17) is 9.47 Å². The average molecular weight is 180 g/mol. The van der Waals surface area contributed by atoms with Crippen LogP contribution in [0.5, 0.6) is 5.75 Å². The maximum atomic E-state index is 5.26. The Labute approximate surface area is 79.5 Å². The van der Waals surface area contributed by atoms with Gasteiger partial charge in [0, 0.05) is 5.56 Å². The van der Waals surface area contributed by atoms with Crippen molar-refractivity contribution >= 4 is 0 Å². The Bertz CT molecular complexity index is 269. The summed E-state index contributed by atoms with van der Waals surface area (Å²) in [6, 6.07) is 6.13. The molecule has 0 amide bonds. The second-order valence-corrected chi connectivity index (χ2v) is 2.72. The summed E-state index contributed by atoms with van der Waals surface area (Å²) in [5, 5.41) is 0. The van der Waals surface area contributed by atoms with Crippen molar-refractivity contribution in [3.05, 3.63) is 29.3 Å². The lowest BCUT2D eigenvalue weighted by Crippen LogP contribution is -2.10. The molecule has 1 aromatic rings. The van der Waals surface area contributed by atoms with Crippen molar-refractivity contribution in [1.29, 1.82) is 0 Å². The molecule has 0 spiro atoms. The minimum atomic E-state index is 0.385. The fourth-order valence-electron chi connectivity index (χ4n) is 1.22. The highest BCUT2D eigenvalue weighted by atomic mass is 16.7. The molecule has 0 aliphatic carbocycles. The fraction of sp³-hybridized carbons (Fsp3) is 0.455. The van der Waals surface area contributed by atoms with Gasteiger partial charge in [-0.25, -0.2) is 0 Å². The Morgan fingerprint density at radius 1 is 1.23 bits per heavy atom. The standard InChI is InChI=1S/C9H10O2.C2H6/c1-7-2-3-9-8(4-7)5-10-6-11-9;1-2/h2-4H,5-6H2,1H3;1-2H3. The number of hydrogen-bond donors (Lipinski definition) is 0. The summed E-state index contributed by atoms with van der Waals surface area (Å²) in [5.41, 5.74) is 2.40. The van der Waals surface area contributed by atoms with Crippen LogP contribution >= 0.6 is 0 Å². The summed E-state index contributed by atoms with van der Waals surface area (Å²) < 4.78 is 10.4. The first-order valence-electron chi connectivity index (χ1n) is 4.66. The molecule has 1 aliphatic heterocycles. The highest BCUT2D eigenvalue weighted by Crippen LogP contribution is 2.23. The van der Waals surface area contributed by atoms with Crippen LogP contribution in [0.2, 0.25) is 0 Å². The van der Waals surface area contributed by atoms with Crippen molar-refractivity contribution in [1.82, 2.24) is 0 Å². The maximum Gasteiger partial charge on any atom is 0.189 e. The van der Waals surface area contributed by atoms with Crippen LogP contribution in [0.3, 0.4) is 0 Å². The zero-order valence-electron chi connectivity index (χ0n) is 8.46. The van der Waals surface area contributed by atoms with Gasteiger partial charge in [-0.2, -0.15) is 0 Å². The highest BCUT2D eigenvalue weighted by Gasteiger charge is 2.08. The van der Waals surface area contributed by atoms with E-state index in [2.05, 4.69) is 13.0 Å². The molecule has 72 valence electrons. The maximum absolute atomic E-state index is 5.26. The quantitative estimate of drug-likeness (QED) is 0.611. The molecule has 0 N–H and O–H groups in total. The van der Waals surface area contributed by atoms with Gasteiger partial charge in [-0.1, -0.05) is 31.5 Å². The Kier molecular flexibility index (Phi) is 3.77. The summed E-state index contributed by atoms with van der Waals surface area (Å²) in [6.45, 7) is 7.13. The zero-order valence-corrected chi connectivity index (χ0v) is 8.46. The molecule has 1 aliphatic rings. The molecule has 0 aromatic heterocycles. The van der Waals surface area contributed by atoms with Gasteiger partial charge < -0.3 is 9.47 Å².